The highest BCUT2D eigenvalue weighted by Gasteiger charge is 2.26. The lowest BCUT2D eigenvalue weighted by molar-refractivity contribution is 0.0866. The van der Waals surface area contributed by atoms with Gasteiger partial charge in [-0.3, -0.25) is 9.69 Å². The molecule has 190 valence electrons. The molecule has 7 heteroatoms. The van der Waals surface area contributed by atoms with Crippen molar-refractivity contribution in [3.8, 4) is 22.9 Å². The van der Waals surface area contributed by atoms with Crippen LogP contribution in [0.2, 0.25) is 0 Å². The van der Waals surface area contributed by atoms with Crippen LogP contribution in [0.1, 0.15) is 33.9 Å². The van der Waals surface area contributed by atoms with Crippen LogP contribution in [-0.4, -0.2) is 65.7 Å². The molecule has 1 aliphatic heterocycles. The van der Waals surface area contributed by atoms with E-state index in [1.807, 2.05) is 43.3 Å². The topological polar surface area (TPSA) is 74.5 Å². The predicted molar refractivity (Wildman–Crippen MR) is 145 cm³/mol. The van der Waals surface area contributed by atoms with E-state index in [9.17, 15) is 4.79 Å². The van der Waals surface area contributed by atoms with Crippen LogP contribution in [0.5, 0.6) is 0 Å². The normalized spacial score (nSPS) is 16.5. The zero-order chi connectivity index (χ0) is 25.6. The largest absolute Gasteiger partial charge is 0.416 e. The quantitative estimate of drug-likeness (QED) is 0.353. The maximum Gasteiger partial charge on any atom is 0.251 e. The second-order valence-corrected chi connectivity index (χ2v) is 9.64. The molecule has 1 fully saturated rings. The van der Waals surface area contributed by atoms with E-state index < -0.39 is 0 Å². The lowest BCUT2D eigenvalue weighted by Crippen LogP contribution is -2.47. The van der Waals surface area contributed by atoms with Gasteiger partial charge < -0.3 is 14.6 Å². The number of nitrogens with zero attached hydrogens (tertiary/aromatic N) is 4. The number of rotatable bonds is 8. The fraction of sp³-hybridized carbons (Fsp3) is 0.300. The maximum atomic E-state index is 12.7. The summed E-state index contributed by atoms with van der Waals surface area (Å²) in [7, 11) is 2.18. The number of carbonyl (C=O) groups excluding carboxylic acids is 1. The Balaban J connectivity index is 1.14. The molecule has 5 rings (SSSR count). The van der Waals surface area contributed by atoms with Crippen molar-refractivity contribution >= 4 is 5.91 Å². The van der Waals surface area contributed by atoms with Crippen LogP contribution in [0.3, 0.4) is 0 Å². The van der Waals surface area contributed by atoms with E-state index in [2.05, 4.69) is 62.7 Å². The molecule has 2 heterocycles. The van der Waals surface area contributed by atoms with E-state index >= 15 is 0 Å². The molecule has 3 aromatic carbocycles. The number of aryl methyl sites for hydroxylation is 1. The minimum atomic E-state index is -0.0735. The molecule has 7 nitrogen and oxygen atoms in total. The van der Waals surface area contributed by atoms with Crippen LogP contribution in [0.15, 0.2) is 83.3 Å². The van der Waals surface area contributed by atoms with E-state index in [0.29, 0.717) is 29.9 Å². The Morgan fingerprint density at radius 1 is 0.946 bits per heavy atom. The van der Waals surface area contributed by atoms with Gasteiger partial charge in [0, 0.05) is 55.5 Å². The molecule has 1 unspecified atom stereocenters. The van der Waals surface area contributed by atoms with Gasteiger partial charge in [-0.15, -0.1) is 10.2 Å². The van der Waals surface area contributed by atoms with Crippen LogP contribution in [0.4, 0.5) is 0 Å². The third kappa shape index (κ3) is 5.96. The van der Waals surface area contributed by atoms with Gasteiger partial charge in [0.15, 0.2) is 0 Å². The molecule has 0 radical (unpaired) electrons. The molecule has 0 spiro atoms. The molecule has 1 atom stereocenters. The standard InChI is InChI=1S/C30H33N5O2/c1-22-9-6-7-12-26(22)30-33-32-29(37-30)25-15-13-24(14-16-25)28(36)31-17-8-18-35-20-19-34(2)21-27(35)23-10-4-3-5-11-23/h3-7,9-16,27H,8,17-21H2,1-2H3,(H,31,36). The summed E-state index contributed by atoms with van der Waals surface area (Å²) < 4.78 is 5.89. The molecular weight excluding hydrogens is 462 g/mol. The molecule has 1 amide bonds. The van der Waals surface area contributed by atoms with Crippen molar-refractivity contribution in [3.63, 3.8) is 0 Å². The van der Waals surface area contributed by atoms with Gasteiger partial charge in [0.25, 0.3) is 5.91 Å². The lowest BCUT2D eigenvalue weighted by Gasteiger charge is -2.40. The Morgan fingerprint density at radius 3 is 2.46 bits per heavy atom. The Kier molecular flexibility index (Phi) is 7.73. The fourth-order valence-electron chi connectivity index (χ4n) is 4.83. The van der Waals surface area contributed by atoms with Crippen molar-refractivity contribution in [1.82, 2.24) is 25.3 Å². The molecule has 1 saturated heterocycles. The SMILES string of the molecule is Cc1ccccc1-c1nnc(-c2ccc(C(=O)NCCCN3CCN(C)CC3c3ccccc3)cc2)o1. The van der Waals surface area contributed by atoms with Gasteiger partial charge in [0.05, 0.1) is 0 Å². The lowest BCUT2D eigenvalue weighted by atomic mass is 10.0. The first-order valence-electron chi connectivity index (χ1n) is 12.8. The van der Waals surface area contributed by atoms with Crippen LogP contribution in [-0.2, 0) is 0 Å². The predicted octanol–water partition coefficient (Wildman–Crippen LogP) is 4.82. The average Bonchev–Trinajstić information content (AvgIpc) is 3.42. The van der Waals surface area contributed by atoms with Crippen molar-refractivity contribution in [2.24, 2.45) is 0 Å². The summed E-state index contributed by atoms with van der Waals surface area (Å²) in [5, 5.41) is 11.5. The van der Waals surface area contributed by atoms with Gasteiger partial charge in [0.1, 0.15) is 0 Å². The monoisotopic (exact) mass is 495 g/mol. The summed E-state index contributed by atoms with van der Waals surface area (Å²) in [6.45, 7) is 6.72. The van der Waals surface area contributed by atoms with Gasteiger partial charge in [-0.2, -0.15) is 0 Å². The molecule has 1 aromatic heterocycles. The fourth-order valence-corrected chi connectivity index (χ4v) is 4.83. The van der Waals surface area contributed by atoms with E-state index in [0.717, 1.165) is 49.3 Å². The number of carbonyl (C=O) groups is 1. The zero-order valence-electron chi connectivity index (χ0n) is 21.4. The van der Waals surface area contributed by atoms with E-state index in [4.69, 9.17) is 4.42 Å². The second kappa shape index (κ2) is 11.5. The molecular formula is C30H33N5O2. The van der Waals surface area contributed by atoms with Crippen molar-refractivity contribution in [2.45, 2.75) is 19.4 Å². The van der Waals surface area contributed by atoms with Gasteiger partial charge in [0.2, 0.25) is 11.8 Å². The first-order chi connectivity index (χ1) is 18.1. The van der Waals surface area contributed by atoms with Crippen LogP contribution in [0.25, 0.3) is 22.9 Å². The smallest absolute Gasteiger partial charge is 0.251 e. The number of amides is 1. The number of nitrogens with one attached hydrogen (secondary N) is 1. The summed E-state index contributed by atoms with van der Waals surface area (Å²) >= 11 is 0. The van der Waals surface area contributed by atoms with E-state index in [-0.39, 0.29) is 5.91 Å². The van der Waals surface area contributed by atoms with Crippen LogP contribution in [0, 0.1) is 6.92 Å². The molecule has 0 bridgehead atoms. The minimum Gasteiger partial charge on any atom is -0.416 e. The van der Waals surface area contributed by atoms with Gasteiger partial charge in [-0.1, -0.05) is 48.5 Å². The number of piperazine rings is 1. The minimum absolute atomic E-state index is 0.0735. The van der Waals surface area contributed by atoms with Gasteiger partial charge in [-0.25, -0.2) is 0 Å². The van der Waals surface area contributed by atoms with E-state index in [1.54, 1.807) is 12.1 Å². The first-order valence-corrected chi connectivity index (χ1v) is 12.8. The van der Waals surface area contributed by atoms with Crippen molar-refractivity contribution in [3.05, 3.63) is 95.6 Å². The molecule has 0 saturated carbocycles. The first kappa shape index (κ1) is 24.9. The third-order valence-electron chi connectivity index (χ3n) is 6.98. The highest BCUT2D eigenvalue weighted by atomic mass is 16.4. The number of likely N-dealkylation sites (N-methyl/N-ethyl adjacent to an activating group) is 1. The second-order valence-electron chi connectivity index (χ2n) is 9.64. The Bertz CT molecular complexity index is 1320. The van der Waals surface area contributed by atoms with Crippen molar-refractivity contribution in [1.29, 1.82) is 0 Å². The summed E-state index contributed by atoms with van der Waals surface area (Å²) in [6.07, 6.45) is 0.903. The summed E-state index contributed by atoms with van der Waals surface area (Å²) in [5.41, 5.74) is 4.75. The van der Waals surface area contributed by atoms with Crippen LogP contribution >= 0.6 is 0 Å². The number of aromatic nitrogens is 2. The molecule has 37 heavy (non-hydrogen) atoms. The third-order valence-corrected chi connectivity index (χ3v) is 6.98. The number of benzene rings is 3. The number of hydrogen-bond donors (Lipinski definition) is 1. The van der Waals surface area contributed by atoms with Gasteiger partial charge >= 0.3 is 0 Å². The molecule has 1 aliphatic rings. The maximum absolute atomic E-state index is 12.7. The van der Waals surface area contributed by atoms with E-state index in [1.165, 1.54) is 5.56 Å². The number of hydrogen-bond acceptors (Lipinski definition) is 6. The molecule has 4 aromatic rings. The average molecular weight is 496 g/mol. The Labute approximate surface area is 218 Å². The zero-order valence-corrected chi connectivity index (χ0v) is 21.4. The summed E-state index contributed by atoms with van der Waals surface area (Å²) in [5.74, 6) is 0.853. The van der Waals surface area contributed by atoms with Crippen molar-refractivity contribution < 1.29 is 9.21 Å². The Hall–Kier alpha value is -3.81. The van der Waals surface area contributed by atoms with Crippen LogP contribution < -0.4 is 5.32 Å². The molecule has 1 N–H and O–H groups in total. The molecule has 0 aliphatic carbocycles. The Morgan fingerprint density at radius 2 is 1.68 bits per heavy atom. The summed E-state index contributed by atoms with van der Waals surface area (Å²) in [4.78, 5) is 17.6. The summed E-state index contributed by atoms with van der Waals surface area (Å²) in [6, 6.07) is 26.3. The highest BCUT2D eigenvalue weighted by molar-refractivity contribution is 5.94. The van der Waals surface area contributed by atoms with Crippen molar-refractivity contribution in [2.75, 3.05) is 39.8 Å². The highest BCUT2D eigenvalue weighted by Crippen LogP contribution is 2.27. The van der Waals surface area contributed by atoms with Gasteiger partial charge in [-0.05, 0) is 61.9 Å².